The third-order valence-corrected chi connectivity index (χ3v) is 9.91. The van der Waals surface area contributed by atoms with Gasteiger partial charge in [0.2, 0.25) is 0 Å². The van der Waals surface area contributed by atoms with E-state index in [2.05, 4.69) is 67.8 Å². The zero-order valence-electron chi connectivity index (χ0n) is 29.5. The smallest absolute Gasteiger partial charge is 0.325 e. The summed E-state index contributed by atoms with van der Waals surface area (Å²) in [7, 11) is 0. The average Bonchev–Trinajstić information content (AvgIpc) is 3.15. The van der Waals surface area contributed by atoms with E-state index in [0.717, 1.165) is 53.4 Å². The number of halogens is 2. The van der Waals surface area contributed by atoms with Gasteiger partial charge in [0.15, 0.2) is 11.6 Å². The normalized spacial score (nSPS) is 16.7. The lowest BCUT2D eigenvalue weighted by Gasteiger charge is -2.24. The molecular formula is C35H42BrClN10O5S. The van der Waals surface area contributed by atoms with Gasteiger partial charge in [-0.3, -0.25) is 20.6 Å². The van der Waals surface area contributed by atoms with Crippen LogP contribution in [0.1, 0.15) is 17.0 Å². The molecule has 0 bridgehead atoms. The van der Waals surface area contributed by atoms with Gasteiger partial charge in [0, 0.05) is 41.4 Å². The zero-order chi connectivity index (χ0) is 37.6. The van der Waals surface area contributed by atoms with Gasteiger partial charge in [0.25, 0.3) is 0 Å². The molecule has 2 aromatic heterocycles. The first-order valence-electron chi connectivity index (χ1n) is 16.8. The number of aromatic nitrogens is 4. The van der Waals surface area contributed by atoms with Crippen molar-refractivity contribution in [1.29, 1.82) is 0 Å². The van der Waals surface area contributed by atoms with E-state index in [1.807, 2.05) is 44.7 Å². The summed E-state index contributed by atoms with van der Waals surface area (Å²) >= 11 is 11.4. The second kappa shape index (κ2) is 20.3. The molecule has 2 aromatic carbocycles. The van der Waals surface area contributed by atoms with Crippen LogP contribution < -0.4 is 41.4 Å². The van der Waals surface area contributed by atoms with Gasteiger partial charge in [0.05, 0.1) is 59.4 Å². The number of hydrogen-bond donors (Lipinski definition) is 6. The molecule has 53 heavy (non-hydrogen) atoms. The average molecular weight is 830 g/mol. The van der Waals surface area contributed by atoms with Crippen LogP contribution in [0.15, 0.2) is 59.6 Å². The summed E-state index contributed by atoms with van der Waals surface area (Å²) in [5.74, 6) is 2.95. The number of thioether (sulfide) groups is 1. The van der Waals surface area contributed by atoms with Gasteiger partial charge in [-0.05, 0) is 56.7 Å². The van der Waals surface area contributed by atoms with Crippen LogP contribution in [0.2, 0.25) is 5.02 Å². The monoisotopic (exact) mass is 828 g/mol. The number of carbonyl (C=O) groups excluding carboxylic acids is 2. The highest BCUT2D eigenvalue weighted by Gasteiger charge is 2.18. The molecule has 0 aliphatic carbocycles. The Morgan fingerprint density at radius 3 is 2.06 bits per heavy atom. The van der Waals surface area contributed by atoms with Crippen molar-refractivity contribution in [2.45, 2.75) is 32.1 Å². The van der Waals surface area contributed by atoms with E-state index in [1.54, 1.807) is 30.6 Å². The molecule has 15 nitrogen and oxygen atoms in total. The van der Waals surface area contributed by atoms with Gasteiger partial charge < -0.3 is 35.5 Å². The van der Waals surface area contributed by atoms with Crippen LogP contribution in [0.25, 0.3) is 0 Å². The van der Waals surface area contributed by atoms with E-state index in [-0.39, 0.29) is 6.10 Å². The molecule has 1 unspecified atom stereocenters. The highest BCUT2D eigenvalue weighted by Crippen LogP contribution is 2.32. The van der Waals surface area contributed by atoms with Crippen molar-refractivity contribution in [2.24, 2.45) is 0 Å². The summed E-state index contributed by atoms with van der Waals surface area (Å²) in [6.45, 7) is 10.8. The maximum atomic E-state index is 12.3. The second-order valence-electron chi connectivity index (χ2n) is 12.0. The van der Waals surface area contributed by atoms with Gasteiger partial charge in [-0.1, -0.05) is 27.5 Å². The Kier molecular flexibility index (Phi) is 15.3. The number of urea groups is 2. The maximum Gasteiger partial charge on any atom is 0.325 e. The molecule has 6 N–H and O–H groups in total. The predicted molar refractivity (Wildman–Crippen MR) is 212 cm³/mol. The molecule has 0 spiro atoms. The quantitative estimate of drug-likeness (QED) is 0.109. The number of rotatable bonds is 10. The van der Waals surface area contributed by atoms with Crippen molar-refractivity contribution in [2.75, 3.05) is 73.0 Å². The number of anilines is 4. The first-order chi connectivity index (χ1) is 25.6. The molecule has 2 saturated heterocycles. The first kappa shape index (κ1) is 39.9. The molecular weight excluding hydrogens is 788 g/mol. The van der Waals surface area contributed by atoms with Crippen LogP contribution in [0.5, 0.6) is 11.5 Å². The third kappa shape index (κ3) is 13.3. The maximum absolute atomic E-state index is 12.3. The number of morpholine rings is 1. The summed E-state index contributed by atoms with van der Waals surface area (Å²) in [4.78, 5) is 41.0. The molecule has 2 atom stereocenters. The van der Waals surface area contributed by atoms with Crippen molar-refractivity contribution in [3.63, 3.8) is 0 Å². The molecule has 282 valence electrons. The molecule has 2 fully saturated rings. The van der Waals surface area contributed by atoms with Crippen molar-refractivity contribution < 1.29 is 23.8 Å². The van der Waals surface area contributed by atoms with E-state index in [9.17, 15) is 9.59 Å². The third-order valence-electron chi connectivity index (χ3n) is 7.60. The van der Waals surface area contributed by atoms with Crippen molar-refractivity contribution >= 4 is 74.4 Å². The number of aryl methyl sites for hydroxylation is 3. The summed E-state index contributed by atoms with van der Waals surface area (Å²) in [5, 5.41) is 18.3. The Morgan fingerprint density at radius 2 is 1.47 bits per heavy atom. The van der Waals surface area contributed by atoms with Gasteiger partial charge in [-0.15, -0.1) is 0 Å². The number of nitrogens with zero attached hydrogens (tertiary/aromatic N) is 4. The Bertz CT molecular complexity index is 1810. The Hall–Kier alpha value is -4.26. The molecule has 4 heterocycles. The van der Waals surface area contributed by atoms with E-state index in [4.69, 9.17) is 25.8 Å². The fourth-order valence-corrected chi connectivity index (χ4v) is 6.38. The van der Waals surface area contributed by atoms with E-state index < -0.39 is 12.1 Å². The number of ether oxygens (including phenoxy) is 3. The topological polar surface area (TPSA) is 186 Å². The predicted octanol–water partition coefficient (Wildman–Crippen LogP) is 6.03. The van der Waals surface area contributed by atoms with Gasteiger partial charge in [0.1, 0.15) is 30.8 Å². The van der Waals surface area contributed by atoms with E-state index >= 15 is 0 Å². The van der Waals surface area contributed by atoms with Gasteiger partial charge >= 0.3 is 12.1 Å². The molecule has 18 heteroatoms. The molecule has 0 saturated carbocycles. The van der Waals surface area contributed by atoms with Crippen LogP contribution in [-0.4, -0.2) is 95.1 Å². The fraction of sp³-hybridized carbons (Fsp3) is 0.371. The van der Waals surface area contributed by atoms with Crippen LogP contribution in [0, 0.1) is 20.8 Å². The highest BCUT2D eigenvalue weighted by molar-refractivity contribution is 9.10. The molecule has 0 radical (unpaired) electrons. The lowest BCUT2D eigenvalue weighted by Crippen LogP contribution is -2.41. The Labute approximate surface area is 325 Å². The summed E-state index contributed by atoms with van der Waals surface area (Å²) in [5.41, 5.74) is 3.61. The van der Waals surface area contributed by atoms with E-state index in [1.165, 1.54) is 12.4 Å². The molecule has 2 aliphatic rings. The number of carbonyl (C=O) groups is 2. The fourth-order valence-electron chi connectivity index (χ4n) is 4.87. The van der Waals surface area contributed by atoms with Crippen LogP contribution in [-0.2, 0) is 4.74 Å². The summed E-state index contributed by atoms with van der Waals surface area (Å²) in [6.07, 6.45) is 6.15. The number of amides is 4. The van der Waals surface area contributed by atoms with Crippen molar-refractivity contribution in [3.8, 4) is 11.5 Å². The van der Waals surface area contributed by atoms with E-state index in [0.29, 0.717) is 64.6 Å². The SMILES string of the molecule is Cc1cnc(NC(=O)Nc2cc(Br)c(C)cc2OC[C@@H]2CNCCO2)cn1.Cc1cnc(NC(=O)Nc2cc(Cl)ccc2OCC2CNCCS2)cn1. The van der Waals surface area contributed by atoms with Crippen molar-refractivity contribution in [1.82, 2.24) is 30.6 Å². The minimum Gasteiger partial charge on any atom is -0.490 e. The van der Waals surface area contributed by atoms with Crippen molar-refractivity contribution in [3.05, 3.63) is 81.6 Å². The Morgan fingerprint density at radius 1 is 0.830 bits per heavy atom. The Balaban J connectivity index is 0.000000204. The number of hydrogen-bond acceptors (Lipinski definition) is 12. The number of nitrogens with one attached hydrogen (secondary N) is 6. The lowest BCUT2D eigenvalue weighted by molar-refractivity contribution is 0.000338. The summed E-state index contributed by atoms with van der Waals surface area (Å²) in [6, 6.07) is 7.96. The summed E-state index contributed by atoms with van der Waals surface area (Å²) < 4.78 is 18.4. The standard InChI is InChI=1S/C18H22BrN5O3.C17H20ClN5O2S/c1-11-5-16(27-10-13-8-20-3-4-26-13)15(6-14(11)19)23-18(25)24-17-9-21-12(2)7-22-17;1-11-7-21-16(9-20-11)23-17(24)22-14-6-12(18)2-3-15(14)25-10-13-8-19-4-5-26-13/h5-7,9,13,20H,3-4,8,10H2,1-2H3,(H2,22,23,24,25);2-3,6-7,9,13,19H,4-5,8,10H2,1H3,(H2,21,22,23,24)/t13-;/m0./s1. The highest BCUT2D eigenvalue weighted by atomic mass is 79.9. The zero-order valence-corrected chi connectivity index (χ0v) is 32.7. The second-order valence-corrected chi connectivity index (χ2v) is 14.7. The molecule has 4 aromatic rings. The minimum atomic E-state index is -0.441. The van der Waals surface area contributed by atoms with Gasteiger partial charge in [-0.2, -0.15) is 11.8 Å². The molecule has 2 aliphatic heterocycles. The molecule has 4 amide bonds. The molecule has 6 rings (SSSR count). The van der Waals surface area contributed by atoms with Crippen LogP contribution in [0.4, 0.5) is 32.6 Å². The lowest BCUT2D eigenvalue weighted by atomic mass is 10.2. The number of benzene rings is 2. The first-order valence-corrected chi connectivity index (χ1v) is 19.1. The van der Waals surface area contributed by atoms with Crippen LogP contribution in [0.3, 0.4) is 0 Å². The van der Waals surface area contributed by atoms with Gasteiger partial charge in [-0.25, -0.2) is 19.6 Å². The minimum absolute atomic E-state index is 0.0211. The van der Waals surface area contributed by atoms with Crippen LogP contribution >= 0.6 is 39.3 Å². The largest absolute Gasteiger partial charge is 0.490 e.